The summed E-state index contributed by atoms with van der Waals surface area (Å²) < 4.78 is 4.82. The molecule has 2 rings (SSSR count). The predicted molar refractivity (Wildman–Crippen MR) is 106 cm³/mol. The van der Waals surface area contributed by atoms with E-state index in [9.17, 15) is 0 Å². The Labute approximate surface area is 178 Å². The van der Waals surface area contributed by atoms with Gasteiger partial charge in [0.25, 0.3) is 0 Å². The number of rotatable bonds is 2. The fourth-order valence-corrected chi connectivity index (χ4v) is 10.7. The molecule has 0 radical (unpaired) electrons. The van der Waals surface area contributed by atoms with Crippen molar-refractivity contribution in [3.8, 4) is 0 Å². The second kappa shape index (κ2) is 14.3. The van der Waals surface area contributed by atoms with Gasteiger partial charge in [-0.3, -0.25) is 0 Å². The van der Waals surface area contributed by atoms with Crippen molar-refractivity contribution >= 4 is 22.7 Å². The van der Waals surface area contributed by atoms with Gasteiger partial charge < -0.3 is 29.5 Å². The molecule has 7 heteroatoms. The van der Waals surface area contributed by atoms with E-state index in [-0.39, 0.29) is 31.0 Å². The average molecular weight is 457 g/mol. The molecule has 1 saturated carbocycles. The maximum absolute atomic E-state index is 4.82. The first kappa shape index (κ1) is 30.0. The quantitative estimate of drug-likeness (QED) is 0.420. The Kier molecular flexibility index (Phi) is 17.9. The molecule has 1 unspecified atom stereocenters. The Bertz CT molecular complexity index is 397. The van der Waals surface area contributed by atoms with Crippen molar-refractivity contribution in [3.05, 3.63) is 34.9 Å². The molecule has 0 aromatic rings. The maximum Gasteiger partial charge on any atom is -1.00 e. The molecule has 140 valence electrons. The van der Waals surface area contributed by atoms with Crippen molar-refractivity contribution in [2.75, 3.05) is 0 Å². The van der Waals surface area contributed by atoms with Crippen LogP contribution >= 0.6 is 0 Å². The number of allylic oxidation sites excluding steroid dienone is 4. The normalized spacial score (nSPS) is 18.1. The molecule has 0 bridgehead atoms. The monoisotopic (exact) mass is 455 g/mol. The van der Waals surface area contributed by atoms with Crippen LogP contribution in [0.5, 0.6) is 0 Å². The Hall–Kier alpha value is 1.25. The summed E-state index contributed by atoms with van der Waals surface area (Å²) in [6.07, 6.45) is 13.2. The van der Waals surface area contributed by atoms with Crippen molar-refractivity contribution in [2.45, 2.75) is 71.6 Å². The van der Waals surface area contributed by atoms with Gasteiger partial charge >= 0.3 is 38.5 Å². The molecule has 1 atom stereocenters. The number of halogens is 2. The van der Waals surface area contributed by atoms with Crippen molar-refractivity contribution < 1.29 is 44.0 Å². The standard InChI is InChI=1S/C9H11.C6H18NSi2.C2H6Si.2ClH.Ti/c1-2-5-9-7-3-6-8(9)4-1;1-8(2,3)7-9(4,5)6;1-3-2;;;/h1-2,4,6,9H,3,5,7H2;1-6H3;1-2H3;2*1H;/q2*-1;;;;+2/p-2. The van der Waals surface area contributed by atoms with Gasteiger partial charge in [0.05, 0.1) is 0 Å². The van der Waals surface area contributed by atoms with E-state index in [1.165, 1.54) is 19.3 Å². The van der Waals surface area contributed by atoms with Gasteiger partial charge in [-0.05, 0) is 12.3 Å². The average Bonchev–Trinajstić information content (AvgIpc) is 2.71. The largest absolute Gasteiger partial charge is 1.00 e. The Balaban J connectivity index is -0.000000283. The molecule has 1 nitrogen and oxygen atoms in total. The van der Waals surface area contributed by atoms with Crippen molar-refractivity contribution in [1.29, 1.82) is 0 Å². The number of hydrogen-bond donors (Lipinski definition) is 0. The smallest absolute Gasteiger partial charge is 1.00 e. The van der Waals surface area contributed by atoms with Crippen LogP contribution in [0, 0.1) is 12.3 Å². The van der Waals surface area contributed by atoms with Gasteiger partial charge in [-0.25, -0.2) is 18.1 Å². The maximum atomic E-state index is 4.82. The number of fused-ring (bicyclic) bond motifs is 1. The molecular weight excluding hydrogens is 421 g/mol. The summed E-state index contributed by atoms with van der Waals surface area (Å²) in [5, 5.41) is 0. The van der Waals surface area contributed by atoms with Crippen LogP contribution in [-0.4, -0.2) is 22.7 Å². The van der Waals surface area contributed by atoms with E-state index in [0.717, 1.165) is 5.92 Å². The first-order chi connectivity index (χ1) is 9.91. The van der Waals surface area contributed by atoms with Crippen LogP contribution < -0.4 is 24.8 Å². The third-order valence-corrected chi connectivity index (χ3v) is 8.25. The Morgan fingerprint density at radius 2 is 1.54 bits per heavy atom. The summed E-state index contributed by atoms with van der Waals surface area (Å²) in [7, 11) is -2.21. The minimum absolute atomic E-state index is 0. The summed E-state index contributed by atoms with van der Waals surface area (Å²) in [6, 6.07) is 0. The zero-order chi connectivity index (χ0) is 17.4. The molecule has 2 aliphatic rings. The summed E-state index contributed by atoms with van der Waals surface area (Å²) in [6.45, 7) is 18.3. The van der Waals surface area contributed by atoms with Gasteiger partial charge in [-0.15, -0.1) is 18.6 Å². The van der Waals surface area contributed by atoms with Crippen molar-refractivity contribution in [1.82, 2.24) is 0 Å². The summed E-state index contributed by atoms with van der Waals surface area (Å²) in [4.78, 5) is 0. The van der Waals surface area contributed by atoms with Crippen molar-refractivity contribution in [3.63, 3.8) is 0 Å². The number of nitrogens with zero attached hydrogens (tertiary/aromatic N) is 1. The van der Waals surface area contributed by atoms with E-state index in [1.807, 2.05) is 0 Å². The minimum Gasteiger partial charge on any atom is -1.00 e. The van der Waals surface area contributed by atoms with Crippen LogP contribution in [0.4, 0.5) is 0 Å². The molecule has 0 saturated heterocycles. The molecule has 24 heavy (non-hydrogen) atoms. The third-order valence-electron chi connectivity index (χ3n) is 2.88. The molecule has 0 N–H and O–H groups in total. The molecular formula is C17H35Cl2NSi3Ti-2. The first-order valence-electron chi connectivity index (χ1n) is 8.36. The molecule has 0 heterocycles. The zero-order valence-corrected chi connectivity index (χ0v) is 22.8. The molecule has 1 fully saturated rings. The number of hydrogen-bond acceptors (Lipinski definition) is 0. The topological polar surface area (TPSA) is 14.1 Å². The SMILES string of the molecule is C1=CCC2CC[CH-]C2=C1.C[Si](C)(C)[N-][Si](C)(C)C.C[Si](C)=[Ti+2].[Cl-].[Cl-]. The van der Waals surface area contributed by atoms with Crippen LogP contribution in [-0.2, 0) is 19.2 Å². The zero-order valence-electron chi connectivity index (χ0n) is 16.7. The van der Waals surface area contributed by atoms with Gasteiger partial charge in [0.1, 0.15) is 0 Å². The van der Waals surface area contributed by atoms with E-state index < -0.39 is 16.5 Å². The van der Waals surface area contributed by atoms with Crippen LogP contribution in [0.25, 0.3) is 4.65 Å². The fourth-order valence-electron chi connectivity index (χ4n) is 2.67. The van der Waals surface area contributed by atoms with Crippen LogP contribution in [0.15, 0.2) is 23.8 Å². The molecule has 2 aliphatic carbocycles. The summed E-state index contributed by atoms with van der Waals surface area (Å²) in [5.41, 5.74) is 1.58. The van der Waals surface area contributed by atoms with Gasteiger partial charge in [0, 0.05) is 0 Å². The second-order valence-corrected chi connectivity index (χ2v) is 24.5. The third kappa shape index (κ3) is 19.6. The molecule has 0 spiro atoms. The van der Waals surface area contributed by atoms with E-state index in [0.29, 0.717) is 0 Å². The predicted octanol–water partition coefficient (Wildman–Crippen LogP) is 0.309. The minimum atomic E-state index is -1.11. The van der Waals surface area contributed by atoms with Crippen LogP contribution in [0.1, 0.15) is 19.3 Å². The van der Waals surface area contributed by atoms with E-state index in [4.69, 9.17) is 4.65 Å². The summed E-state index contributed by atoms with van der Waals surface area (Å²) in [5.74, 6) is 0.884. The molecule has 0 aliphatic heterocycles. The summed E-state index contributed by atoms with van der Waals surface area (Å²) >= 11 is 2.27. The van der Waals surface area contributed by atoms with Crippen LogP contribution in [0.3, 0.4) is 0 Å². The van der Waals surface area contributed by atoms with Crippen LogP contribution in [0.2, 0.25) is 52.4 Å². The first-order valence-corrected chi connectivity index (χ1v) is 20.1. The Morgan fingerprint density at radius 3 is 1.88 bits per heavy atom. The Morgan fingerprint density at radius 1 is 1.08 bits per heavy atom. The molecule has 0 aromatic carbocycles. The van der Waals surface area contributed by atoms with Gasteiger partial charge in [-0.1, -0.05) is 62.2 Å². The van der Waals surface area contributed by atoms with E-state index in [1.54, 1.807) is 5.57 Å². The molecule has 0 aromatic heterocycles. The van der Waals surface area contributed by atoms with Gasteiger partial charge in [0.15, 0.2) is 0 Å². The van der Waals surface area contributed by atoms with E-state index in [2.05, 4.69) is 96.2 Å². The van der Waals surface area contributed by atoms with Gasteiger partial charge in [-0.2, -0.15) is 0 Å². The van der Waals surface area contributed by atoms with E-state index >= 15 is 0 Å². The fraction of sp³-hybridized carbons (Fsp3) is 0.706. The second-order valence-electron chi connectivity index (χ2n) is 8.26. The molecule has 0 amide bonds. The van der Waals surface area contributed by atoms with Gasteiger partial charge in [0.2, 0.25) is 0 Å². The van der Waals surface area contributed by atoms with Crippen molar-refractivity contribution in [2.24, 2.45) is 5.92 Å².